The maximum atomic E-state index is 4.82. The van der Waals surface area contributed by atoms with Gasteiger partial charge in [0.05, 0.1) is 5.39 Å². The molecular formula is C8H4N2O2. The molecule has 58 valence electrons. The molecule has 0 spiro atoms. The van der Waals surface area contributed by atoms with Gasteiger partial charge < -0.3 is 9.05 Å². The summed E-state index contributed by atoms with van der Waals surface area (Å²) < 4.78 is 9.63. The van der Waals surface area contributed by atoms with Gasteiger partial charge in [-0.25, -0.2) is 0 Å². The minimum absolute atomic E-state index is 0.800. The van der Waals surface area contributed by atoms with Crippen LogP contribution in [0.5, 0.6) is 0 Å². The molecule has 0 N–H and O–H groups in total. The minimum atomic E-state index is 0.800. The van der Waals surface area contributed by atoms with Crippen LogP contribution >= 0.6 is 0 Å². The van der Waals surface area contributed by atoms with Gasteiger partial charge in [0.1, 0.15) is 23.6 Å². The topological polar surface area (TPSA) is 52.1 Å². The van der Waals surface area contributed by atoms with Gasteiger partial charge in [0.15, 0.2) is 0 Å². The summed E-state index contributed by atoms with van der Waals surface area (Å²) in [5.41, 5.74) is 1.60. The molecule has 3 aromatic rings. The van der Waals surface area contributed by atoms with Gasteiger partial charge in [-0.2, -0.15) is 0 Å². The Labute approximate surface area is 66.7 Å². The van der Waals surface area contributed by atoms with Crippen molar-refractivity contribution in [1.29, 1.82) is 0 Å². The molecule has 0 fully saturated rings. The molecule has 4 heteroatoms. The summed E-state index contributed by atoms with van der Waals surface area (Å²) in [7, 11) is 0. The Hall–Kier alpha value is -1.84. The molecule has 0 saturated carbocycles. The van der Waals surface area contributed by atoms with Crippen LogP contribution in [0.3, 0.4) is 0 Å². The summed E-state index contributed by atoms with van der Waals surface area (Å²) in [5.74, 6) is 0. The average molecular weight is 160 g/mol. The van der Waals surface area contributed by atoms with E-state index in [1.807, 2.05) is 12.1 Å². The number of hydrogen-bond acceptors (Lipinski definition) is 4. The molecule has 0 saturated heterocycles. The first-order valence-corrected chi connectivity index (χ1v) is 3.52. The Balaban J connectivity index is 2.71. The Kier molecular flexibility index (Phi) is 0.889. The zero-order valence-electron chi connectivity index (χ0n) is 6.02. The van der Waals surface area contributed by atoms with Gasteiger partial charge in [0, 0.05) is 5.39 Å². The number of fused-ring (bicyclic) bond motifs is 3. The van der Waals surface area contributed by atoms with E-state index in [0.29, 0.717) is 0 Å². The van der Waals surface area contributed by atoms with Crippen molar-refractivity contribution in [3.05, 3.63) is 24.7 Å². The molecule has 2 aromatic heterocycles. The van der Waals surface area contributed by atoms with Crippen LogP contribution in [0.25, 0.3) is 21.8 Å². The van der Waals surface area contributed by atoms with Crippen molar-refractivity contribution in [2.75, 3.05) is 0 Å². The third kappa shape index (κ3) is 0.567. The van der Waals surface area contributed by atoms with Gasteiger partial charge in [0.25, 0.3) is 0 Å². The summed E-state index contributed by atoms with van der Waals surface area (Å²) in [6.07, 6.45) is 3.17. The molecule has 0 amide bonds. The van der Waals surface area contributed by atoms with Gasteiger partial charge >= 0.3 is 0 Å². The second-order valence-corrected chi connectivity index (χ2v) is 2.57. The predicted molar refractivity (Wildman–Crippen MR) is 41.6 cm³/mol. The Morgan fingerprint density at radius 1 is 1.00 bits per heavy atom. The fourth-order valence-electron chi connectivity index (χ4n) is 1.28. The Morgan fingerprint density at radius 3 is 2.92 bits per heavy atom. The largest absolute Gasteiger partial charge is 0.363 e. The second kappa shape index (κ2) is 1.85. The van der Waals surface area contributed by atoms with Gasteiger partial charge in [-0.05, 0) is 12.1 Å². The third-order valence-corrected chi connectivity index (χ3v) is 1.87. The summed E-state index contributed by atoms with van der Waals surface area (Å²) >= 11 is 0. The summed E-state index contributed by atoms with van der Waals surface area (Å²) in [4.78, 5) is 0. The first kappa shape index (κ1) is 5.77. The molecule has 12 heavy (non-hydrogen) atoms. The summed E-state index contributed by atoms with van der Waals surface area (Å²) in [5, 5.41) is 9.49. The van der Waals surface area contributed by atoms with Crippen LogP contribution < -0.4 is 0 Å². The Morgan fingerprint density at radius 2 is 1.92 bits per heavy atom. The van der Waals surface area contributed by atoms with Crippen LogP contribution in [0.4, 0.5) is 0 Å². The van der Waals surface area contributed by atoms with Gasteiger partial charge in [0.2, 0.25) is 0 Å². The van der Waals surface area contributed by atoms with Crippen LogP contribution in [0.15, 0.2) is 33.7 Å². The average Bonchev–Trinajstić information content (AvgIpc) is 2.71. The highest BCUT2D eigenvalue weighted by molar-refractivity contribution is 6.02. The van der Waals surface area contributed by atoms with E-state index in [4.69, 9.17) is 9.05 Å². The van der Waals surface area contributed by atoms with Crippen LogP contribution in [0.1, 0.15) is 0 Å². The molecule has 0 radical (unpaired) electrons. The number of hydrogen-bond donors (Lipinski definition) is 0. The lowest BCUT2D eigenvalue weighted by Crippen LogP contribution is -1.69. The summed E-state index contributed by atoms with van der Waals surface area (Å²) in [6.45, 7) is 0. The standard InChI is InChI=1S/C8H4N2O2/c1-2-7-6(4-12-9-7)8-5(1)3-11-10-8/h1-4H. The van der Waals surface area contributed by atoms with Crippen LogP contribution in [-0.4, -0.2) is 10.3 Å². The number of nitrogens with zero attached hydrogens (tertiary/aromatic N) is 2. The molecule has 1 aromatic carbocycles. The predicted octanol–water partition coefficient (Wildman–Crippen LogP) is 1.97. The highest BCUT2D eigenvalue weighted by Crippen LogP contribution is 2.22. The third-order valence-electron chi connectivity index (χ3n) is 1.87. The van der Waals surface area contributed by atoms with E-state index < -0.39 is 0 Å². The van der Waals surface area contributed by atoms with Crippen molar-refractivity contribution < 1.29 is 9.05 Å². The molecular weight excluding hydrogens is 156 g/mol. The molecule has 4 nitrogen and oxygen atoms in total. The molecule has 0 aliphatic carbocycles. The van der Waals surface area contributed by atoms with E-state index in [2.05, 4.69) is 10.3 Å². The minimum Gasteiger partial charge on any atom is -0.363 e. The number of rotatable bonds is 0. The molecule has 0 bridgehead atoms. The van der Waals surface area contributed by atoms with Crippen LogP contribution in [0.2, 0.25) is 0 Å². The van der Waals surface area contributed by atoms with E-state index >= 15 is 0 Å². The molecule has 0 atom stereocenters. The fraction of sp³-hybridized carbons (Fsp3) is 0. The van der Waals surface area contributed by atoms with Gasteiger partial charge in [-0.3, -0.25) is 0 Å². The van der Waals surface area contributed by atoms with E-state index in [-0.39, 0.29) is 0 Å². The fourth-order valence-corrected chi connectivity index (χ4v) is 1.28. The van der Waals surface area contributed by atoms with Gasteiger partial charge in [-0.1, -0.05) is 10.3 Å². The molecule has 2 heterocycles. The first-order chi connectivity index (χ1) is 5.95. The smallest absolute Gasteiger partial charge is 0.134 e. The lowest BCUT2D eigenvalue weighted by molar-refractivity contribution is 0.426. The zero-order valence-corrected chi connectivity index (χ0v) is 6.02. The van der Waals surface area contributed by atoms with Gasteiger partial charge in [-0.15, -0.1) is 0 Å². The van der Waals surface area contributed by atoms with E-state index in [1.54, 1.807) is 12.5 Å². The van der Waals surface area contributed by atoms with Crippen molar-refractivity contribution in [3.8, 4) is 0 Å². The SMILES string of the molecule is c1cc2nocc2c2nocc12. The molecule has 3 rings (SSSR count). The van der Waals surface area contributed by atoms with Crippen molar-refractivity contribution in [2.24, 2.45) is 0 Å². The maximum Gasteiger partial charge on any atom is 0.134 e. The lowest BCUT2D eigenvalue weighted by Gasteiger charge is -1.84. The monoisotopic (exact) mass is 160 g/mol. The summed E-state index contributed by atoms with van der Waals surface area (Å²) in [6, 6.07) is 3.77. The van der Waals surface area contributed by atoms with Crippen molar-refractivity contribution >= 4 is 21.8 Å². The molecule has 0 aliphatic heterocycles. The van der Waals surface area contributed by atoms with E-state index in [0.717, 1.165) is 21.8 Å². The number of benzene rings is 1. The highest BCUT2D eigenvalue weighted by Gasteiger charge is 2.05. The number of aromatic nitrogens is 2. The molecule has 0 unspecified atom stereocenters. The van der Waals surface area contributed by atoms with E-state index in [1.165, 1.54) is 0 Å². The molecule has 0 aliphatic rings. The first-order valence-electron chi connectivity index (χ1n) is 3.52. The van der Waals surface area contributed by atoms with Crippen molar-refractivity contribution in [1.82, 2.24) is 10.3 Å². The van der Waals surface area contributed by atoms with Crippen molar-refractivity contribution in [3.63, 3.8) is 0 Å². The van der Waals surface area contributed by atoms with E-state index in [9.17, 15) is 0 Å². The zero-order chi connectivity index (χ0) is 7.97. The second-order valence-electron chi connectivity index (χ2n) is 2.57. The van der Waals surface area contributed by atoms with Crippen molar-refractivity contribution in [2.45, 2.75) is 0 Å². The normalized spacial score (nSPS) is 11.3. The quantitative estimate of drug-likeness (QED) is 0.504. The van der Waals surface area contributed by atoms with Crippen LogP contribution in [0, 0.1) is 0 Å². The lowest BCUT2D eigenvalue weighted by atomic mass is 10.2. The maximum absolute atomic E-state index is 4.82. The highest BCUT2D eigenvalue weighted by atomic mass is 16.5. The Bertz CT molecular complexity index is 488. The van der Waals surface area contributed by atoms with Crippen LogP contribution in [-0.2, 0) is 0 Å².